The highest BCUT2D eigenvalue weighted by atomic mass is 16.2. The van der Waals surface area contributed by atoms with E-state index in [-0.39, 0.29) is 11.4 Å². The number of amides is 1. The molecule has 0 aliphatic carbocycles. The second kappa shape index (κ2) is 5.91. The Kier molecular flexibility index (Phi) is 4.21. The van der Waals surface area contributed by atoms with E-state index >= 15 is 0 Å². The fourth-order valence-corrected chi connectivity index (χ4v) is 1.82. The van der Waals surface area contributed by atoms with Crippen molar-refractivity contribution in [2.75, 3.05) is 5.32 Å². The van der Waals surface area contributed by atoms with Crippen LogP contribution in [-0.2, 0) is 0 Å². The van der Waals surface area contributed by atoms with Crippen molar-refractivity contribution < 1.29 is 4.79 Å². The molecular weight excluding hydrogens is 264 g/mol. The fourth-order valence-electron chi connectivity index (χ4n) is 1.82. The number of aryl methyl sites for hydroxylation is 1. The molecule has 2 aromatic rings. The average Bonchev–Trinajstić information content (AvgIpc) is 2.37. The molecule has 0 aliphatic heterocycles. The summed E-state index contributed by atoms with van der Waals surface area (Å²) in [4.78, 5) is 20.7. The van der Waals surface area contributed by atoms with Gasteiger partial charge in [-0.05, 0) is 39.8 Å². The van der Waals surface area contributed by atoms with E-state index in [1.165, 1.54) is 0 Å². The number of para-hydroxylation sites is 1. The molecule has 2 N–H and O–H groups in total. The van der Waals surface area contributed by atoms with Crippen molar-refractivity contribution in [3.8, 4) is 0 Å². The minimum absolute atomic E-state index is 0.205. The van der Waals surface area contributed by atoms with Crippen LogP contribution in [0.25, 0.3) is 0 Å². The van der Waals surface area contributed by atoms with Crippen LogP contribution >= 0.6 is 0 Å². The summed E-state index contributed by atoms with van der Waals surface area (Å²) in [6.45, 7) is 7.57. The van der Waals surface area contributed by atoms with Gasteiger partial charge in [0.25, 0.3) is 5.91 Å². The van der Waals surface area contributed by atoms with Crippen LogP contribution in [0.15, 0.2) is 36.4 Å². The Morgan fingerprint density at radius 3 is 2.38 bits per heavy atom. The van der Waals surface area contributed by atoms with Gasteiger partial charge in [0.1, 0.15) is 17.3 Å². The molecule has 2 rings (SSSR count). The number of carbonyl (C=O) groups is 1. The molecule has 1 amide bonds. The van der Waals surface area contributed by atoms with Crippen molar-refractivity contribution in [3.63, 3.8) is 0 Å². The van der Waals surface area contributed by atoms with Crippen molar-refractivity contribution >= 4 is 17.4 Å². The SMILES string of the molecule is Cc1nc(Nc2ccccc2)cc(C(=O)NC(C)(C)C)n1. The summed E-state index contributed by atoms with van der Waals surface area (Å²) in [5.74, 6) is 0.951. The molecule has 1 aromatic heterocycles. The molecule has 0 unspecified atom stereocenters. The summed E-state index contributed by atoms with van der Waals surface area (Å²) in [7, 11) is 0. The number of aromatic nitrogens is 2. The van der Waals surface area contributed by atoms with Crippen LogP contribution in [0.3, 0.4) is 0 Å². The first kappa shape index (κ1) is 15.0. The summed E-state index contributed by atoms with van der Waals surface area (Å²) >= 11 is 0. The smallest absolute Gasteiger partial charge is 0.270 e. The highest BCUT2D eigenvalue weighted by Gasteiger charge is 2.17. The number of benzene rings is 1. The first-order valence-corrected chi connectivity index (χ1v) is 6.84. The summed E-state index contributed by atoms with van der Waals surface area (Å²) in [5, 5.41) is 6.07. The Balaban J connectivity index is 2.23. The average molecular weight is 284 g/mol. The van der Waals surface area contributed by atoms with Crippen LogP contribution < -0.4 is 10.6 Å². The van der Waals surface area contributed by atoms with Crippen LogP contribution in [0.1, 0.15) is 37.1 Å². The highest BCUT2D eigenvalue weighted by molar-refractivity contribution is 5.93. The number of anilines is 2. The summed E-state index contributed by atoms with van der Waals surface area (Å²) in [6, 6.07) is 11.3. The van der Waals surface area contributed by atoms with E-state index in [0.717, 1.165) is 5.69 Å². The van der Waals surface area contributed by atoms with Gasteiger partial charge in [0.05, 0.1) is 0 Å². The number of hydrogen-bond acceptors (Lipinski definition) is 4. The van der Waals surface area contributed by atoms with Crippen LogP contribution in [0.5, 0.6) is 0 Å². The molecule has 0 aliphatic rings. The van der Waals surface area contributed by atoms with Crippen molar-refractivity contribution in [1.82, 2.24) is 15.3 Å². The van der Waals surface area contributed by atoms with E-state index in [1.807, 2.05) is 51.1 Å². The fraction of sp³-hybridized carbons (Fsp3) is 0.312. The van der Waals surface area contributed by atoms with Crippen LogP contribution in [0, 0.1) is 6.92 Å². The van der Waals surface area contributed by atoms with Gasteiger partial charge in [-0.15, -0.1) is 0 Å². The van der Waals surface area contributed by atoms with Crippen LogP contribution in [0.2, 0.25) is 0 Å². The molecule has 0 bridgehead atoms. The lowest BCUT2D eigenvalue weighted by atomic mass is 10.1. The number of carbonyl (C=O) groups excluding carboxylic acids is 1. The second-order valence-electron chi connectivity index (χ2n) is 5.88. The first-order valence-electron chi connectivity index (χ1n) is 6.84. The summed E-state index contributed by atoms with van der Waals surface area (Å²) in [5.41, 5.74) is 0.969. The molecular formula is C16H20N4O. The molecule has 0 radical (unpaired) electrons. The quantitative estimate of drug-likeness (QED) is 0.909. The van der Waals surface area contributed by atoms with Gasteiger partial charge in [-0.3, -0.25) is 4.79 Å². The van der Waals surface area contributed by atoms with Crippen LogP contribution in [-0.4, -0.2) is 21.4 Å². The Labute approximate surface area is 124 Å². The molecule has 21 heavy (non-hydrogen) atoms. The van der Waals surface area contributed by atoms with Gasteiger partial charge in [-0.1, -0.05) is 18.2 Å². The van der Waals surface area contributed by atoms with Crippen molar-refractivity contribution in [1.29, 1.82) is 0 Å². The highest BCUT2D eigenvalue weighted by Crippen LogP contribution is 2.15. The third kappa shape index (κ3) is 4.56. The molecule has 0 spiro atoms. The van der Waals surface area contributed by atoms with Gasteiger partial charge >= 0.3 is 0 Å². The molecule has 5 heteroatoms. The molecule has 5 nitrogen and oxygen atoms in total. The van der Waals surface area contributed by atoms with Gasteiger partial charge in [0.2, 0.25) is 0 Å². The third-order valence-electron chi connectivity index (χ3n) is 2.61. The topological polar surface area (TPSA) is 66.9 Å². The first-order chi connectivity index (χ1) is 9.83. The molecule has 110 valence electrons. The van der Waals surface area contributed by atoms with Gasteiger partial charge in [0, 0.05) is 17.3 Å². The Morgan fingerprint density at radius 2 is 1.76 bits per heavy atom. The zero-order valence-electron chi connectivity index (χ0n) is 12.8. The zero-order valence-corrected chi connectivity index (χ0v) is 12.8. The standard InChI is InChI=1S/C16H20N4O/c1-11-17-13(15(21)20-16(2,3)4)10-14(18-11)19-12-8-6-5-7-9-12/h5-10H,1-4H3,(H,20,21)(H,17,18,19). The molecule has 0 saturated carbocycles. The largest absolute Gasteiger partial charge is 0.346 e. The Morgan fingerprint density at radius 1 is 1.10 bits per heavy atom. The zero-order chi connectivity index (χ0) is 15.5. The van der Waals surface area contributed by atoms with E-state index in [9.17, 15) is 4.79 Å². The minimum atomic E-state index is -0.303. The van der Waals surface area contributed by atoms with Gasteiger partial charge in [0.15, 0.2) is 0 Å². The van der Waals surface area contributed by atoms with Crippen molar-refractivity contribution in [2.24, 2.45) is 0 Å². The van der Waals surface area contributed by atoms with E-state index in [1.54, 1.807) is 13.0 Å². The number of nitrogens with zero attached hydrogens (tertiary/aromatic N) is 2. The predicted octanol–water partition coefficient (Wildman–Crippen LogP) is 3.06. The molecule has 0 fully saturated rings. The van der Waals surface area contributed by atoms with Crippen LogP contribution in [0.4, 0.5) is 11.5 Å². The van der Waals surface area contributed by atoms with Gasteiger partial charge in [-0.25, -0.2) is 9.97 Å². The van der Waals surface area contributed by atoms with Crippen molar-refractivity contribution in [2.45, 2.75) is 33.2 Å². The Bertz CT molecular complexity index is 632. The lowest BCUT2D eigenvalue weighted by molar-refractivity contribution is 0.0914. The lowest BCUT2D eigenvalue weighted by Crippen LogP contribution is -2.41. The van der Waals surface area contributed by atoms with E-state index < -0.39 is 0 Å². The monoisotopic (exact) mass is 284 g/mol. The Hall–Kier alpha value is -2.43. The summed E-state index contributed by atoms with van der Waals surface area (Å²) < 4.78 is 0. The molecule has 1 heterocycles. The van der Waals surface area contributed by atoms with E-state index in [0.29, 0.717) is 17.3 Å². The van der Waals surface area contributed by atoms with Crippen molar-refractivity contribution in [3.05, 3.63) is 47.9 Å². The lowest BCUT2D eigenvalue weighted by Gasteiger charge is -2.20. The maximum atomic E-state index is 12.2. The maximum absolute atomic E-state index is 12.2. The minimum Gasteiger partial charge on any atom is -0.346 e. The number of nitrogens with one attached hydrogen (secondary N) is 2. The number of hydrogen-bond donors (Lipinski definition) is 2. The van der Waals surface area contributed by atoms with Gasteiger partial charge in [-0.2, -0.15) is 0 Å². The number of rotatable bonds is 3. The maximum Gasteiger partial charge on any atom is 0.270 e. The molecule has 0 atom stereocenters. The van der Waals surface area contributed by atoms with E-state index in [4.69, 9.17) is 0 Å². The summed E-state index contributed by atoms with van der Waals surface area (Å²) in [6.07, 6.45) is 0. The van der Waals surface area contributed by atoms with Gasteiger partial charge < -0.3 is 10.6 Å². The normalized spacial score (nSPS) is 11.0. The molecule has 0 saturated heterocycles. The van der Waals surface area contributed by atoms with E-state index in [2.05, 4.69) is 20.6 Å². The molecule has 1 aromatic carbocycles. The predicted molar refractivity (Wildman–Crippen MR) is 83.7 cm³/mol. The third-order valence-corrected chi connectivity index (χ3v) is 2.61. The second-order valence-corrected chi connectivity index (χ2v) is 5.88.